The largest absolute Gasteiger partial charge is 0.463 e. The van der Waals surface area contributed by atoms with E-state index in [1.54, 1.807) is 19.1 Å². The van der Waals surface area contributed by atoms with E-state index in [0.717, 1.165) is 20.8 Å². The Kier molecular flexibility index (Phi) is 10.1. The van der Waals surface area contributed by atoms with Crippen molar-refractivity contribution in [3.05, 3.63) is 41.1 Å². The second-order valence-electron chi connectivity index (χ2n) is 9.38. The molecule has 1 aromatic rings. The number of Topliss-reactive ketones (excluding diaryl/α,β-unsaturated/α-hetero) is 1. The van der Waals surface area contributed by atoms with Gasteiger partial charge in [-0.15, -0.1) is 0 Å². The van der Waals surface area contributed by atoms with E-state index in [4.69, 9.17) is 28.4 Å². The summed E-state index contributed by atoms with van der Waals surface area (Å²) in [7, 11) is 0. The van der Waals surface area contributed by atoms with Gasteiger partial charge in [0.2, 0.25) is 12.4 Å². The Morgan fingerprint density at radius 1 is 0.805 bits per heavy atom. The van der Waals surface area contributed by atoms with E-state index in [2.05, 4.69) is 10.6 Å². The zero-order valence-corrected chi connectivity index (χ0v) is 23.4. The van der Waals surface area contributed by atoms with Crippen LogP contribution in [-0.4, -0.2) is 73.0 Å². The standard InChI is InChI=1S/C27H32N2O12/c1-12-21(13(2)30)22(29-27(35)28-12)18-7-9-19(10-8-18)40-26-25(39-17(6)34)24(38-16(5)33)23(37-15(4)32)20(41-26)11-36-14(3)31/h7-10,20,22-26H,11H2,1-6H3,(H2,28,29,35)/t20-,22?,23-,24-,25-,26-/m1/s1. The molecule has 3 rings (SSSR count). The molecule has 222 valence electrons. The van der Waals surface area contributed by atoms with Gasteiger partial charge in [-0.2, -0.15) is 0 Å². The lowest BCUT2D eigenvalue weighted by Gasteiger charge is -2.43. The van der Waals surface area contributed by atoms with E-state index in [1.165, 1.54) is 26.0 Å². The molecule has 1 aromatic carbocycles. The van der Waals surface area contributed by atoms with Crippen LogP contribution in [0.4, 0.5) is 4.79 Å². The number of nitrogens with one attached hydrogen (secondary N) is 2. The van der Waals surface area contributed by atoms with Crippen molar-refractivity contribution in [1.82, 2.24) is 10.6 Å². The molecule has 1 fully saturated rings. The van der Waals surface area contributed by atoms with Gasteiger partial charge in [0.1, 0.15) is 18.5 Å². The molecule has 0 saturated carbocycles. The number of carbonyl (C=O) groups is 6. The molecular weight excluding hydrogens is 544 g/mol. The van der Waals surface area contributed by atoms with Crippen molar-refractivity contribution >= 4 is 35.7 Å². The fourth-order valence-electron chi connectivity index (χ4n) is 4.57. The summed E-state index contributed by atoms with van der Waals surface area (Å²) in [5.74, 6) is -2.94. The average molecular weight is 577 g/mol. The number of ketones is 1. The van der Waals surface area contributed by atoms with Crippen molar-refractivity contribution in [3.63, 3.8) is 0 Å². The molecule has 0 aliphatic carbocycles. The second-order valence-corrected chi connectivity index (χ2v) is 9.38. The average Bonchev–Trinajstić information content (AvgIpc) is 2.85. The number of rotatable bonds is 9. The van der Waals surface area contributed by atoms with Crippen LogP contribution >= 0.6 is 0 Å². The minimum Gasteiger partial charge on any atom is -0.463 e. The van der Waals surface area contributed by atoms with Crippen molar-refractivity contribution in [3.8, 4) is 5.75 Å². The van der Waals surface area contributed by atoms with E-state index in [-0.39, 0.29) is 11.5 Å². The van der Waals surface area contributed by atoms with Crippen LogP contribution in [0.5, 0.6) is 5.75 Å². The number of ether oxygens (including phenoxy) is 6. The number of hydrogen-bond donors (Lipinski definition) is 2. The van der Waals surface area contributed by atoms with Gasteiger partial charge in [0.25, 0.3) is 0 Å². The van der Waals surface area contributed by atoms with E-state index >= 15 is 0 Å². The molecule has 2 N–H and O–H groups in total. The third kappa shape index (κ3) is 8.03. The Bertz CT molecular complexity index is 1240. The van der Waals surface area contributed by atoms with Crippen LogP contribution in [-0.2, 0) is 47.7 Å². The summed E-state index contributed by atoms with van der Waals surface area (Å²) in [6, 6.07) is 5.13. The summed E-state index contributed by atoms with van der Waals surface area (Å²) in [4.78, 5) is 71.7. The lowest BCUT2D eigenvalue weighted by atomic mass is 9.93. The fourth-order valence-corrected chi connectivity index (χ4v) is 4.57. The highest BCUT2D eigenvalue weighted by Gasteiger charge is 2.53. The summed E-state index contributed by atoms with van der Waals surface area (Å²) >= 11 is 0. The van der Waals surface area contributed by atoms with Crippen LogP contribution < -0.4 is 15.4 Å². The summed E-state index contributed by atoms with van der Waals surface area (Å²) < 4.78 is 33.1. The molecule has 1 saturated heterocycles. The molecule has 41 heavy (non-hydrogen) atoms. The minimum absolute atomic E-state index is 0.208. The van der Waals surface area contributed by atoms with Gasteiger partial charge in [-0.05, 0) is 31.5 Å². The zero-order valence-electron chi connectivity index (χ0n) is 23.4. The molecule has 2 heterocycles. The number of amides is 2. The number of allylic oxidation sites excluding steroid dienone is 1. The molecule has 6 atom stereocenters. The fraction of sp³-hybridized carbons (Fsp3) is 0.481. The molecule has 0 radical (unpaired) electrons. The van der Waals surface area contributed by atoms with E-state index in [1.807, 2.05) is 0 Å². The SMILES string of the molecule is CC(=O)OC[C@H]1O[C@@H](Oc2ccc(C3NC(=O)NC(C)=C3C(C)=O)cc2)[C@H](OC(C)=O)[C@H](OC(C)=O)[C@@H]1OC(C)=O. The van der Waals surface area contributed by atoms with Crippen LogP contribution in [0.2, 0.25) is 0 Å². The quantitative estimate of drug-likeness (QED) is 0.319. The van der Waals surface area contributed by atoms with Crippen molar-refractivity contribution in [2.45, 2.75) is 78.3 Å². The van der Waals surface area contributed by atoms with Gasteiger partial charge < -0.3 is 39.1 Å². The molecular formula is C27H32N2O12. The minimum atomic E-state index is -1.41. The molecule has 14 heteroatoms. The topological polar surface area (TPSA) is 182 Å². The smallest absolute Gasteiger partial charge is 0.319 e. The highest BCUT2D eigenvalue weighted by Crippen LogP contribution is 2.32. The molecule has 0 bridgehead atoms. The molecule has 0 spiro atoms. The number of urea groups is 1. The predicted molar refractivity (Wildman–Crippen MR) is 137 cm³/mol. The third-order valence-electron chi connectivity index (χ3n) is 6.06. The number of carbonyl (C=O) groups excluding carboxylic acids is 6. The van der Waals surface area contributed by atoms with E-state index in [0.29, 0.717) is 16.8 Å². The number of hydrogen-bond acceptors (Lipinski definition) is 12. The van der Waals surface area contributed by atoms with Crippen LogP contribution in [0.3, 0.4) is 0 Å². The first-order valence-electron chi connectivity index (χ1n) is 12.6. The first kappa shape index (κ1) is 31.1. The van der Waals surface area contributed by atoms with Crippen molar-refractivity contribution < 1.29 is 57.2 Å². The molecule has 2 aliphatic heterocycles. The summed E-state index contributed by atoms with van der Waals surface area (Å²) in [5, 5.41) is 5.29. The first-order valence-corrected chi connectivity index (χ1v) is 12.6. The maximum Gasteiger partial charge on any atom is 0.319 e. The molecule has 2 amide bonds. The Labute approximate surface area is 235 Å². The monoisotopic (exact) mass is 576 g/mol. The lowest BCUT2D eigenvalue weighted by molar-refractivity contribution is -0.288. The maximum atomic E-state index is 12.2. The second kappa shape index (κ2) is 13.3. The summed E-state index contributed by atoms with van der Waals surface area (Å²) in [6.45, 7) is 7.16. The maximum absolute atomic E-state index is 12.2. The van der Waals surface area contributed by atoms with Gasteiger partial charge >= 0.3 is 29.9 Å². The Balaban J connectivity index is 1.94. The van der Waals surface area contributed by atoms with Crippen LogP contribution in [0.25, 0.3) is 0 Å². The van der Waals surface area contributed by atoms with E-state index < -0.39 is 73.3 Å². The van der Waals surface area contributed by atoms with Crippen LogP contribution in [0.15, 0.2) is 35.5 Å². The normalized spacial score (nSPS) is 25.7. The van der Waals surface area contributed by atoms with Crippen molar-refractivity contribution in [1.29, 1.82) is 0 Å². The third-order valence-corrected chi connectivity index (χ3v) is 6.06. The van der Waals surface area contributed by atoms with Gasteiger partial charge in [-0.25, -0.2) is 4.79 Å². The van der Waals surface area contributed by atoms with Crippen LogP contribution in [0, 0.1) is 0 Å². The Hall–Kier alpha value is -4.46. The molecule has 1 unspecified atom stereocenters. The lowest BCUT2D eigenvalue weighted by Crippen LogP contribution is -2.63. The first-order chi connectivity index (χ1) is 19.3. The van der Waals surface area contributed by atoms with E-state index in [9.17, 15) is 28.8 Å². The van der Waals surface area contributed by atoms with Crippen molar-refractivity contribution in [2.75, 3.05) is 6.61 Å². The molecule has 14 nitrogen and oxygen atoms in total. The highest BCUT2D eigenvalue weighted by molar-refractivity contribution is 5.98. The van der Waals surface area contributed by atoms with Gasteiger partial charge in [-0.3, -0.25) is 24.0 Å². The Morgan fingerprint density at radius 2 is 1.37 bits per heavy atom. The summed E-state index contributed by atoms with van der Waals surface area (Å²) in [5.41, 5.74) is 1.40. The summed E-state index contributed by atoms with van der Waals surface area (Å²) in [6.07, 6.45) is -6.66. The number of benzene rings is 1. The predicted octanol–water partition coefficient (Wildman–Crippen LogP) is 1.37. The van der Waals surface area contributed by atoms with Gasteiger partial charge in [0.05, 0.1) is 6.04 Å². The van der Waals surface area contributed by atoms with Gasteiger partial charge in [-0.1, -0.05) is 12.1 Å². The van der Waals surface area contributed by atoms with Gasteiger partial charge in [0, 0.05) is 39.0 Å². The Morgan fingerprint density at radius 3 is 1.90 bits per heavy atom. The van der Waals surface area contributed by atoms with Crippen LogP contribution in [0.1, 0.15) is 53.1 Å². The molecule has 0 aromatic heterocycles. The zero-order chi connectivity index (χ0) is 30.4. The highest BCUT2D eigenvalue weighted by atomic mass is 16.7. The molecule has 2 aliphatic rings. The number of esters is 4. The van der Waals surface area contributed by atoms with Crippen molar-refractivity contribution in [2.24, 2.45) is 0 Å². The van der Waals surface area contributed by atoms with Gasteiger partial charge in [0.15, 0.2) is 18.0 Å².